The Bertz CT molecular complexity index is 963. The summed E-state index contributed by atoms with van der Waals surface area (Å²) in [4.78, 5) is 16.8. The lowest BCUT2D eigenvalue weighted by molar-refractivity contribution is 0.102. The van der Waals surface area contributed by atoms with Crippen molar-refractivity contribution in [3.63, 3.8) is 0 Å². The molecule has 0 saturated heterocycles. The van der Waals surface area contributed by atoms with Crippen molar-refractivity contribution in [2.24, 2.45) is 0 Å². The number of rotatable bonds is 4. The number of amides is 1. The van der Waals surface area contributed by atoms with Gasteiger partial charge in [-0.2, -0.15) is 0 Å². The van der Waals surface area contributed by atoms with Crippen molar-refractivity contribution < 1.29 is 4.79 Å². The Labute approximate surface area is 154 Å². The zero-order valence-corrected chi connectivity index (χ0v) is 15.6. The van der Waals surface area contributed by atoms with Crippen molar-refractivity contribution >= 4 is 23.0 Å². The predicted octanol–water partition coefficient (Wildman–Crippen LogP) is 5.31. The van der Waals surface area contributed by atoms with Crippen molar-refractivity contribution in [2.75, 3.05) is 10.6 Å². The molecule has 0 saturated carbocycles. The third kappa shape index (κ3) is 3.91. The van der Waals surface area contributed by atoms with Crippen LogP contribution >= 0.6 is 0 Å². The van der Waals surface area contributed by atoms with Crippen LogP contribution in [-0.2, 0) is 0 Å². The lowest BCUT2D eigenvalue weighted by Gasteiger charge is -2.13. The Hall–Kier alpha value is -3.14. The van der Waals surface area contributed by atoms with Crippen molar-refractivity contribution in [3.05, 3.63) is 82.7 Å². The molecule has 0 radical (unpaired) electrons. The average molecular weight is 345 g/mol. The van der Waals surface area contributed by atoms with Crippen LogP contribution in [0.3, 0.4) is 0 Å². The molecule has 0 bridgehead atoms. The second-order valence-corrected chi connectivity index (χ2v) is 6.61. The molecule has 2 aromatic carbocycles. The summed E-state index contributed by atoms with van der Waals surface area (Å²) in [6, 6.07) is 13.9. The SMILES string of the molecule is Cc1ccc(NC(=O)c2cncc(Nc3cccc(C)c3C)c2)c(C)c1. The van der Waals surface area contributed by atoms with E-state index in [-0.39, 0.29) is 5.91 Å². The molecule has 0 aliphatic rings. The molecular weight excluding hydrogens is 322 g/mol. The average Bonchev–Trinajstić information content (AvgIpc) is 2.61. The van der Waals surface area contributed by atoms with Crippen molar-refractivity contribution in [2.45, 2.75) is 27.7 Å². The number of pyridine rings is 1. The van der Waals surface area contributed by atoms with E-state index < -0.39 is 0 Å². The van der Waals surface area contributed by atoms with Gasteiger partial charge >= 0.3 is 0 Å². The first-order valence-corrected chi connectivity index (χ1v) is 8.61. The summed E-state index contributed by atoms with van der Waals surface area (Å²) in [6.45, 7) is 8.17. The maximum atomic E-state index is 12.6. The topological polar surface area (TPSA) is 54.0 Å². The highest BCUT2D eigenvalue weighted by molar-refractivity contribution is 6.05. The second-order valence-electron chi connectivity index (χ2n) is 6.61. The number of nitrogens with one attached hydrogen (secondary N) is 2. The van der Waals surface area contributed by atoms with Crippen molar-refractivity contribution in [1.29, 1.82) is 0 Å². The van der Waals surface area contributed by atoms with Gasteiger partial charge in [0, 0.05) is 17.6 Å². The molecule has 1 aromatic heterocycles. The third-order valence-electron chi connectivity index (χ3n) is 4.51. The van der Waals surface area contributed by atoms with Crippen LogP contribution in [0.1, 0.15) is 32.6 Å². The van der Waals surface area contributed by atoms with E-state index in [0.29, 0.717) is 5.56 Å². The van der Waals surface area contributed by atoms with E-state index in [1.807, 2.05) is 50.2 Å². The van der Waals surface area contributed by atoms with Gasteiger partial charge in [0.1, 0.15) is 0 Å². The lowest BCUT2D eigenvalue weighted by atomic mass is 10.1. The summed E-state index contributed by atoms with van der Waals surface area (Å²) in [7, 11) is 0. The molecule has 0 fully saturated rings. The normalized spacial score (nSPS) is 10.5. The van der Waals surface area contributed by atoms with Gasteiger partial charge in [0.05, 0.1) is 17.4 Å². The molecule has 132 valence electrons. The van der Waals surface area contributed by atoms with Crippen LogP contribution in [0, 0.1) is 27.7 Å². The molecule has 0 aliphatic heterocycles. The van der Waals surface area contributed by atoms with Crippen LogP contribution in [0.2, 0.25) is 0 Å². The van der Waals surface area contributed by atoms with Crippen LogP contribution in [0.15, 0.2) is 54.9 Å². The fraction of sp³-hybridized carbons (Fsp3) is 0.182. The number of hydrogen-bond acceptors (Lipinski definition) is 3. The largest absolute Gasteiger partial charge is 0.354 e. The second kappa shape index (κ2) is 7.40. The number of benzene rings is 2. The number of aromatic nitrogens is 1. The van der Waals surface area contributed by atoms with Crippen LogP contribution in [0.5, 0.6) is 0 Å². The standard InChI is InChI=1S/C22H23N3O/c1-14-8-9-20(16(3)10-14)25-22(26)18-11-19(13-23-12-18)24-21-7-5-6-15(2)17(21)4/h5-13,24H,1-4H3,(H,25,26). The van der Waals surface area contributed by atoms with E-state index in [1.165, 1.54) is 16.7 Å². The Balaban J connectivity index is 1.80. The van der Waals surface area contributed by atoms with Crippen LogP contribution < -0.4 is 10.6 Å². The van der Waals surface area contributed by atoms with E-state index in [1.54, 1.807) is 12.4 Å². The minimum Gasteiger partial charge on any atom is -0.354 e. The number of hydrogen-bond donors (Lipinski definition) is 2. The summed E-state index contributed by atoms with van der Waals surface area (Å²) in [6.07, 6.45) is 3.29. The lowest BCUT2D eigenvalue weighted by Crippen LogP contribution is -2.13. The molecule has 3 aromatic rings. The zero-order chi connectivity index (χ0) is 18.7. The van der Waals surface area contributed by atoms with Gasteiger partial charge in [0.2, 0.25) is 0 Å². The van der Waals surface area contributed by atoms with Gasteiger partial charge < -0.3 is 10.6 Å². The van der Waals surface area contributed by atoms with Gasteiger partial charge in [-0.05, 0) is 62.6 Å². The van der Waals surface area contributed by atoms with E-state index >= 15 is 0 Å². The molecule has 1 amide bonds. The van der Waals surface area contributed by atoms with E-state index in [9.17, 15) is 4.79 Å². The molecule has 4 heteroatoms. The first-order chi connectivity index (χ1) is 12.4. The highest BCUT2D eigenvalue weighted by atomic mass is 16.1. The van der Waals surface area contributed by atoms with Crippen LogP contribution in [0.4, 0.5) is 17.1 Å². The smallest absolute Gasteiger partial charge is 0.257 e. The van der Waals surface area contributed by atoms with Gasteiger partial charge in [0.15, 0.2) is 0 Å². The molecule has 0 atom stereocenters. The highest BCUT2D eigenvalue weighted by Gasteiger charge is 2.10. The van der Waals surface area contributed by atoms with Crippen molar-refractivity contribution in [1.82, 2.24) is 4.98 Å². The third-order valence-corrected chi connectivity index (χ3v) is 4.51. The van der Waals surface area contributed by atoms with E-state index in [4.69, 9.17) is 0 Å². The molecule has 26 heavy (non-hydrogen) atoms. The Morgan fingerprint density at radius 3 is 2.46 bits per heavy atom. The fourth-order valence-corrected chi connectivity index (χ4v) is 2.82. The quantitative estimate of drug-likeness (QED) is 0.673. The maximum Gasteiger partial charge on any atom is 0.257 e. The van der Waals surface area contributed by atoms with Gasteiger partial charge in [-0.15, -0.1) is 0 Å². The summed E-state index contributed by atoms with van der Waals surface area (Å²) < 4.78 is 0. The molecular formula is C22H23N3O. The van der Waals surface area contributed by atoms with E-state index in [2.05, 4.69) is 35.5 Å². The minimum atomic E-state index is -0.172. The molecule has 0 spiro atoms. The maximum absolute atomic E-state index is 12.6. The fourth-order valence-electron chi connectivity index (χ4n) is 2.82. The minimum absolute atomic E-state index is 0.172. The Morgan fingerprint density at radius 2 is 1.69 bits per heavy atom. The Kier molecular flexibility index (Phi) is 5.03. The number of nitrogens with zero attached hydrogens (tertiary/aromatic N) is 1. The number of aryl methyl sites for hydroxylation is 3. The first-order valence-electron chi connectivity index (χ1n) is 8.61. The molecule has 3 rings (SSSR count). The zero-order valence-electron chi connectivity index (χ0n) is 15.6. The highest BCUT2D eigenvalue weighted by Crippen LogP contribution is 2.23. The van der Waals surface area contributed by atoms with Gasteiger partial charge in [0.25, 0.3) is 5.91 Å². The molecule has 1 heterocycles. The number of anilines is 3. The first kappa shape index (κ1) is 17.7. The molecule has 0 aliphatic carbocycles. The molecule has 2 N–H and O–H groups in total. The van der Waals surface area contributed by atoms with Crippen molar-refractivity contribution in [3.8, 4) is 0 Å². The monoisotopic (exact) mass is 345 g/mol. The molecule has 4 nitrogen and oxygen atoms in total. The van der Waals surface area contributed by atoms with Crippen LogP contribution in [-0.4, -0.2) is 10.9 Å². The summed E-state index contributed by atoms with van der Waals surface area (Å²) in [5.41, 5.74) is 7.72. The number of carbonyl (C=O) groups is 1. The summed E-state index contributed by atoms with van der Waals surface area (Å²) in [5.74, 6) is -0.172. The van der Waals surface area contributed by atoms with Gasteiger partial charge in [-0.3, -0.25) is 9.78 Å². The number of carbonyl (C=O) groups excluding carboxylic acids is 1. The Morgan fingerprint density at radius 1 is 0.885 bits per heavy atom. The van der Waals surface area contributed by atoms with E-state index in [0.717, 1.165) is 22.6 Å². The van der Waals surface area contributed by atoms with Gasteiger partial charge in [-0.1, -0.05) is 29.8 Å². The summed E-state index contributed by atoms with van der Waals surface area (Å²) in [5, 5.41) is 6.31. The predicted molar refractivity (Wildman–Crippen MR) is 107 cm³/mol. The van der Waals surface area contributed by atoms with Crippen LogP contribution in [0.25, 0.3) is 0 Å². The molecule has 0 unspecified atom stereocenters. The summed E-state index contributed by atoms with van der Waals surface area (Å²) >= 11 is 0. The van der Waals surface area contributed by atoms with Gasteiger partial charge in [-0.25, -0.2) is 0 Å².